The van der Waals surface area contributed by atoms with Gasteiger partial charge in [-0.25, -0.2) is 18.4 Å². The summed E-state index contributed by atoms with van der Waals surface area (Å²) in [6.45, 7) is 10.6. The van der Waals surface area contributed by atoms with E-state index in [1.54, 1.807) is 65.8 Å². The van der Waals surface area contributed by atoms with Crippen LogP contribution in [0.25, 0.3) is 88.6 Å². The number of aliphatic hydroxyl groups is 2. The number of aromatic carboxylic acids is 2. The van der Waals surface area contributed by atoms with Gasteiger partial charge >= 0.3 is 23.9 Å². The molecule has 10 N–H and O–H groups in total. The maximum atomic E-state index is 15.1. The molecule has 4 amide bonds. The van der Waals surface area contributed by atoms with Crippen LogP contribution in [0.3, 0.4) is 0 Å². The number of anilines is 4. The van der Waals surface area contributed by atoms with Gasteiger partial charge in [-0.3, -0.25) is 28.8 Å². The summed E-state index contributed by atoms with van der Waals surface area (Å²) in [6.07, 6.45) is 6.28. The predicted molar refractivity (Wildman–Crippen MR) is 554 cm³/mol. The van der Waals surface area contributed by atoms with E-state index in [2.05, 4.69) is 21.3 Å². The standard InChI is InChI=1S/2C33H28ClNO4.2C27H21FN2O3/c1-18-7-8-22(14-24(18)30(36)37)27-17-33(27)26-15-25(28(34)16-29(26)35-31(33)38)20-11-9-19(10-12-20)21-5-4-6-23(13-21)32(2,3)39;1-18-8-9-21(14-23(18)30(36)37)27-17-33(27)26-15-24(28(34)16-29(26)35-31(33)38)20-12-10-19(11-13-20)22-6-4-5-7-25(22)32(2,3)39;2*1-30-8-7-18-11-16(5-6-24(18)30)19-12-20-23(13-22(19)28)29-26(33)27(20)14-21(27)17-4-2-3-15(9-17)10-25(31)32/h2*4-16,27,39H,17H2,1-3H3,(H,35,38)(H,36,37);2*2-9,11-13,21H,10,14H2,1H3,(H,29,33)(H,31,32). The van der Waals surface area contributed by atoms with Crippen LogP contribution in [0.1, 0.15) is 176 Å². The van der Waals surface area contributed by atoms with Crippen molar-refractivity contribution in [3.8, 4) is 66.8 Å². The molecule has 4 saturated carbocycles. The number of nitrogens with one attached hydrogen (secondary N) is 4. The van der Waals surface area contributed by atoms with Crippen molar-refractivity contribution in [2.45, 2.75) is 137 Å². The minimum Gasteiger partial charge on any atom is -0.481 e. The lowest BCUT2D eigenvalue weighted by Crippen LogP contribution is -2.21. The number of aryl methyl sites for hydroxylation is 4. The molecule has 24 heteroatoms. The molecule has 14 aromatic carbocycles. The lowest BCUT2D eigenvalue weighted by Gasteiger charge is -2.22. The number of amides is 4. The van der Waals surface area contributed by atoms with Crippen LogP contribution in [-0.2, 0) is 88.6 Å². The van der Waals surface area contributed by atoms with Crippen LogP contribution in [-0.4, -0.2) is 87.3 Å². The van der Waals surface area contributed by atoms with E-state index in [4.69, 9.17) is 33.4 Å². The van der Waals surface area contributed by atoms with E-state index >= 15 is 8.78 Å². The molecule has 6 heterocycles. The van der Waals surface area contributed by atoms with Gasteiger partial charge in [0.15, 0.2) is 0 Å². The van der Waals surface area contributed by atoms with E-state index in [0.717, 1.165) is 133 Å². The zero-order chi connectivity index (χ0) is 101. The number of hydrogen-bond acceptors (Lipinski definition) is 10. The van der Waals surface area contributed by atoms with Gasteiger partial charge in [0.05, 0.1) is 66.9 Å². The highest BCUT2D eigenvalue weighted by molar-refractivity contribution is 6.35. The number of fused-ring (bicyclic) bond motifs is 10. The van der Waals surface area contributed by atoms with Gasteiger partial charge in [0.1, 0.15) is 11.6 Å². The fourth-order valence-corrected chi connectivity index (χ4v) is 23.2. The molecule has 720 valence electrons. The van der Waals surface area contributed by atoms with Gasteiger partial charge in [-0.1, -0.05) is 199 Å². The molecule has 8 aliphatic rings. The monoisotopic (exact) mass is 1950 g/mol. The highest BCUT2D eigenvalue weighted by atomic mass is 35.5. The summed E-state index contributed by atoms with van der Waals surface area (Å²) in [6, 6.07) is 87.3. The largest absolute Gasteiger partial charge is 0.481 e. The number of rotatable bonds is 18. The first-order valence-corrected chi connectivity index (χ1v) is 48.4. The molecule has 0 bridgehead atoms. The molecular weight excluding hydrogens is 1860 g/mol. The van der Waals surface area contributed by atoms with Crippen LogP contribution >= 0.6 is 23.2 Å². The number of benzene rings is 14. The molecule has 8 unspecified atom stereocenters. The first kappa shape index (κ1) is 94.5. The van der Waals surface area contributed by atoms with E-state index in [9.17, 15) is 58.8 Å². The first-order chi connectivity index (χ1) is 68.7. The SMILES string of the molecule is Cc1ccc(C2CC23C(=O)Nc2cc(Cl)c(-c4ccc(-c5cccc(C(C)(C)O)c5)cc4)cc23)cc1C(=O)O.Cc1ccc(C2CC23C(=O)Nc2cc(Cl)c(-c4ccc(-c5ccccc5C(C)(C)O)cc4)cc23)cc1C(=O)O.Cn1ccc2cc(-c3cc4c(cc3F)NC(=O)C43CC3c3cccc(CC(=O)O)c3)ccc21.Cn1ccc2cc(-c3cc4c(cc3F)NC(=O)C43CC3c3cccc(CC(=O)O)c3)ccc21. The maximum absolute atomic E-state index is 15.1. The van der Waals surface area contributed by atoms with Crippen LogP contribution < -0.4 is 21.3 Å². The molecule has 4 aliphatic carbocycles. The van der Waals surface area contributed by atoms with Crippen molar-refractivity contribution in [2.24, 2.45) is 14.1 Å². The summed E-state index contributed by atoms with van der Waals surface area (Å²) in [5.41, 5.74) is 21.7. The molecule has 0 saturated heterocycles. The quantitative estimate of drug-likeness (QED) is 0.0382. The second-order valence-corrected chi connectivity index (χ2v) is 41.2. The van der Waals surface area contributed by atoms with E-state index in [1.807, 2.05) is 278 Å². The minimum atomic E-state index is -0.976. The summed E-state index contributed by atoms with van der Waals surface area (Å²) in [4.78, 5) is 98.3. The highest BCUT2D eigenvalue weighted by Gasteiger charge is 2.69. The van der Waals surface area contributed by atoms with Crippen LogP contribution in [0.5, 0.6) is 0 Å². The van der Waals surface area contributed by atoms with Gasteiger partial charge in [0.2, 0.25) is 23.6 Å². The van der Waals surface area contributed by atoms with Crippen molar-refractivity contribution in [3.05, 3.63) is 402 Å². The summed E-state index contributed by atoms with van der Waals surface area (Å²) in [5, 5.41) is 73.4. The number of aliphatic carboxylic acids is 2. The second kappa shape index (κ2) is 35.2. The first-order valence-electron chi connectivity index (χ1n) is 47.6. The number of carboxylic acid groups (broad SMARTS) is 4. The lowest BCUT2D eigenvalue weighted by molar-refractivity contribution is -0.137. The predicted octanol–water partition coefficient (Wildman–Crippen LogP) is 24.5. The Kier molecular flexibility index (Phi) is 23.1. The lowest BCUT2D eigenvalue weighted by atomic mass is 9.88. The van der Waals surface area contributed by atoms with Gasteiger partial charge in [-0.2, -0.15) is 0 Å². The molecule has 0 radical (unpaired) electrons. The molecule has 20 nitrogen and oxygen atoms in total. The average Bonchev–Trinajstić information content (AvgIpc) is 1.53. The third kappa shape index (κ3) is 16.4. The Morgan fingerprint density at radius 3 is 1.10 bits per heavy atom. The number of nitrogens with zero attached hydrogens (tertiary/aromatic N) is 2. The number of aromatic nitrogens is 2. The third-order valence-electron chi connectivity index (χ3n) is 30.6. The molecule has 4 fully saturated rings. The van der Waals surface area contributed by atoms with Crippen LogP contribution in [0.2, 0.25) is 10.0 Å². The number of carbonyl (C=O) groups excluding carboxylic acids is 4. The Balaban J connectivity index is 0.000000114. The molecule has 4 spiro atoms. The number of carboxylic acids is 4. The number of hydrogen-bond donors (Lipinski definition) is 10. The van der Waals surface area contributed by atoms with Crippen molar-refractivity contribution < 1.29 is 77.8 Å². The molecule has 144 heavy (non-hydrogen) atoms. The Morgan fingerprint density at radius 2 is 0.715 bits per heavy atom. The summed E-state index contributed by atoms with van der Waals surface area (Å²) < 4.78 is 34.3. The van der Waals surface area contributed by atoms with Gasteiger partial charge in [0.25, 0.3) is 0 Å². The Bertz CT molecular complexity index is 7990. The van der Waals surface area contributed by atoms with Gasteiger partial charge in [-0.15, -0.1) is 0 Å². The minimum absolute atomic E-state index is 0.0618. The van der Waals surface area contributed by atoms with Gasteiger partial charge in [0, 0.05) is 117 Å². The fraction of sp³-hybridized carbons (Fsp3) is 0.200. The van der Waals surface area contributed by atoms with Crippen molar-refractivity contribution >= 4 is 115 Å². The van der Waals surface area contributed by atoms with E-state index in [-0.39, 0.29) is 82.9 Å². The highest BCUT2D eigenvalue weighted by Crippen LogP contribution is 2.70. The summed E-state index contributed by atoms with van der Waals surface area (Å²) in [5.74, 6) is -5.20. The zero-order valence-corrected chi connectivity index (χ0v) is 81.1. The molecular formula is C120H98Cl2F2N6O14. The molecule has 8 atom stereocenters. The van der Waals surface area contributed by atoms with Gasteiger partial charge < -0.3 is 61.0 Å². The fourth-order valence-electron chi connectivity index (χ4n) is 22.6. The van der Waals surface area contributed by atoms with Crippen molar-refractivity contribution in [2.75, 3.05) is 21.3 Å². The number of halogens is 4. The normalized spacial score (nSPS) is 20.2. The zero-order valence-electron chi connectivity index (χ0n) is 79.6. The number of carbonyl (C=O) groups is 8. The smallest absolute Gasteiger partial charge is 0.335 e. The Labute approximate surface area is 837 Å². The Morgan fingerprint density at radius 1 is 0.361 bits per heavy atom. The van der Waals surface area contributed by atoms with Crippen molar-refractivity contribution in [1.29, 1.82) is 0 Å². The molecule has 4 aliphatic heterocycles. The van der Waals surface area contributed by atoms with E-state index in [1.165, 1.54) is 12.1 Å². The molecule has 16 aromatic rings. The maximum Gasteiger partial charge on any atom is 0.335 e. The van der Waals surface area contributed by atoms with Crippen molar-refractivity contribution in [1.82, 2.24) is 9.13 Å². The molecule has 24 rings (SSSR count). The van der Waals surface area contributed by atoms with Gasteiger partial charge in [-0.05, 0) is 293 Å². The third-order valence-corrected chi connectivity index (χ3v) is 31.2. The van der Waals surface area contributed by atoms with Crippen molar-refractivity contribution in [3.63, 3.8) is 0 Å². The topological polar surface area (TPSA) is 316 Å². The van der Waals surface area contributed by atoms with Crippen LogP contribution in [0.4, 0.5) is 31.5 Å². The van der Waals surface area contributed by atoms with Crippen LogP contribution in [0, 0.1) is 25.5 Å². The van der Waals surface area contributed by atoms with E-state index < -0.39 is 56.7 Å². The summed E-state index contributed by atoms with van der Waals surface area (Å²) in [7, 11) is 3.94. The van der Waals surface area contributed by atoms with Crippen LogP contribution in [0.15, 0.2) is 291 Å². The Hall–Kier alpha value is -15.7. The second-order valence-electron chi connectivity index (χ2n) is 40.4. The van der Waals surface area contributed by atoms with E-state index in [0.29, 0.717) is 91.9 Å². The summed E-state index contributed by atoms with van der Waals surface area (Å²) >= 11 is 13.4. The average molecular weight is 1960 g/mol. The molecule has 2 aromatic heterocycles.